The second kappa shape index (κ2) is 4.62. The number of hydrogen-bond donors (Lipinski definition) is 2. The Balaban J connectivity index is 0.000000980. The molecule has 0 spiro atoms. The lowest BCUT2D eigenvalue weighted by molar-refractivity contribution is 0.612. The second-order valence-corrected chi connectivity index (χ2v) is 3.61. The first kappa shape index (κ1) is 11.3. The van der Waals surface area contributed by atoms with Gasteiger partial charge in [-0.2, -0.15) is 0 Å². The van der Waals surface area contributed by atoms with Crippen molar-refractivity contribution < 1.29 is 0 Å². The van der Waals surface area contributed by atoms with E-state index in [-0.39, 0.29) is 12.4 Å². The van der Waals surface area contributed by atoms with Crippen LogP contribution in [0.5, 0.6) is 0 Å². The van der Waals surface area contributed by atoms with Crippen molar-refractivity contribution in [3.8, 4) is 0 Å². The van der Waals surface area contributed by atoms with Gasteiger partial charge in [0.15, 0.2) is 0 Å². The largest absolute Gasteiger partial charge is 0.341 e. The molecule has 14 heavy (non-hydrogen) atoms. The Bertz CT molecular complexity index is 313. The van der Waals surface area contributed by atoms with Gasteiger partial charge in [0.25, 0.3) is 0 Å². The van der Waals surface area contributed by atoms with Crippen LogP contribution in [0.2, 0.25) is 0 Å². The van der Waals surface area contributed by atoms with E-state index in [0.29, 0.717) is 6.04 Å². The first-order valence-corrected chi connectivity index (χ1v) is 4.71. The number of H-pyrrole nitrogens is 1. The summed E-state index contributed by atoms with van der Waals surface area (Å²) in [5.41, 5.74) is 2.08. The summed E-state index contributed by atoms with van der Waals surface area (Å²) in [6.07, 6.45) is 4.29. The van der Waals surface area contributed by atoms with Gasteiger partial charge in [0.2, 0.25) is 0 Å². The molecule has 1 aromatic heterocycles. The van der Waals surface area contributed by atoms with Crippen LogP contribution in [0.25, 0.3) is 5.57 Å². The number of halogens is 1. The molecule has 1 fully saturated rings. The van der Waals surface area contributed by atoms with Crippen molar-refractivity contribution in [2.24, 2.45) is 0 Å². The molecule has 2 rings (SSSR count). The van der Waals surface area contributed by atoms with E-state index in [1.54, 1.807) is 0 Å². The maximum absolute atomic E-state index is 4.34. The number of allylic oxidation sites excluding steroid dienone is 1. The van der Waals surface area contributed by atoms with Gasteiger partial charge in [0, 0.05) is 0 Å². The SMILES string of the molecule is C=C(C)c1cnc([C@@H]2CCCN2)[nH]1.Cl. The van der Waals surface area contributed by atoms with Gasteiger partial charge in [-0.05, 0) is 31.9 Å². The second-order valence-electron chi connectivity index (χ2n) is 3.61. The molecule has 1 saturated heterocycles. The maximum Gasteiger partial charge on any atom is 0.123 e. The Morgan fingerprint density at radius 1 is 1.64 bits per heavy atom. The molecule has 3 nitrogen and oxygen atoms in total. The van der Waals surface area contributed by atoms with Crippen LogP contribution in [0.3, 0.4) is 0 Å². The molecule has 2 N–H and O–H groups in total. The van der Waals surface area contributed by atoms with Crippen molar-refractivity contribution in [1.82, 2.24) is 15.3 Å². The van der Waals surface area contributed by atoms with Crippen LogP contribution >= 0.6 is 12.4 Å². The fourth-order valence-electron chi connectivity index (χ4n) is 1.65. The molecule has 0 amide bonds. The third-order valence-corrected chi connectivity index (χ3v) is 2.45. The summed E-state index contributed by atoms with van der Waals surface area (Å²) in [5.74, 6) is 1.05. The minimum Gasteiger partial charge on any atom is -0.341 e. The summed E-state index contributed by atoms with van der Waals surface area (Å²) in [6, 6.07) is 0.424. The lowest BCUT2D eigenvalue weighted by Crippen LogP contribution is -2.14. The van der Waals surface area contributed by atoms with Crippen molar-refractivity contribution in [3.05, 3.63) is 24.3 Å². The molecule has 1 aliphatic heterocycles. The highest BCUT2D eigenvalue weighted by atomic mass is 35.5. The third-order valence-electron chi connectivity index (χ3n) is 2.45. The van der Waals surface area contributed by atoms with E-state index in [1.165, 1.54) is 12.8 Å². The highest BCUT2D eigenvalue weighted by molar-refractivity contribution is 5.85. The molecule has 4 heteroatoms. The van der Waals surface area contributed by atoms with Crippen LogP contribution in [-0.2, 0) is 0 Å². The van der Waals surface area contributed by atoms with E-state index >= 15 is 0 Å². The number of nitrogens with zero attached hydrogens (tertiary/aromatic N) is 1. The maximum atomic E-state index is 4.34. The predicted octanol–water partition coefficient (Wildman–Crippen LogP) is 2.29. The Labute approximate surface area is 90.4 Å². The van der Waals surface area contributed by atoms with Gasteiger partial charge in [-0.25, -0.2) is 4.98 Å². The molecule has 78 valence electrons. The molecule has 1 aromatic rings. The van der Waals surface area contributed by atoms with Crippen molar-refractivity contribution >= 4 is 18.0 Å². The lowest BCUT2D eigenvalue weighted by atomic mass is 10.2. The first-order valence-electron chi connectivity index (χ1n) is 4.71. The molecule has 0 unspecified atom stereocenters. The van der Waals surface area contributed by atoms with E-state index in [9.17, 15) is 0 Å². The number of aromatic nitrogens is 2. The van der Waals surface area contributed by atoms with Crippen LogP contribution in [0.1, 0.15) is 37.3 Å². The number of nitrogens with one attached hydrogen (secondary N) is 2. The average molecular weight is 214 g/mol. The van der Waals surface area contributed by atoms with Gasteiger partial charge in [-0.15, -0.1) is 12.4 Å². The number of imidazole rings is 1. The Kier molecular flexibility index (Phi) is 3.72. The molecule has 0 aliphatic carbocycles. The summed E-state index contributed by atoms with van der Waals surface area (Å²) in [7, 11) is 0. The number of aromatic amines is 1. The molecule has 0 saturated carbocycles. The van der Waals surface area contributed by atoms with Gasteiger partial charge < -0.3 is 10.3 Å². The van der Waals surface area contributed by atoms with Gasteiger partial charge in [0.05, 0.1) is 17.9 Å². The molecule has 2 heterocycles. The average Bonchev–Trinajstić information content (AvgIpc) is 2.75. The van der Waals surface area contributed by atoms with Crippen LogP contribution in [0, 0.1) is 0 Å². The highest BCUT2D eigenvalue weighted by Gasteiger charge is 2.18. The molecule has 0 aromatic carbocycles. The normalized spacial score (nSPS) is 20.5. The van der Waals surface area contributed by atoms with Crippen LogP contribution in [0.15, 0.2) is 12.8 Å². The smallest absolute Gasteiger partial charge is 0.123 e. The van der Waals surface area contributed by atoms with Crippen LogP contribution < -0.4 is 5.32 Å². The zero-order chi connectivity index (χ0) is 9.26. The van der Waals surface area contributed by atoms with E-state index in [0.717, 1.165) is 23.6 Å². The monoisotopic (exact) mass is 213 g/mol. The quantitative estimate of drug-likeness (QED) is 0.792. The van der Waals surface area contributed by atoms with Crippen molar-refractivity contribution in [3.63, 3.8) is 0 Å². The zero-order valence-electron chi connectivity index (χ0n) is 8.34. The van der Waals surface area contributed by atoms with Gasteiger partial charge in [-0.1, -0.05) is 6.58 Å². The van der Waals surface area contributed by atoms with Gasteiger partial charge in [-0.3, -0.25) is 0 Å². The fourth-order valence-corrected chi connectivity index (χ4v) is 1.65. The molecule has 0 bridgehead atoms. The van der Waals surface area contributed by atoms with E-state index in [2.05, 4.69) is 21.9 Å². The van der Waals surface area contributed by atoms with E-state index in [4.69, 9.17) is 0 Å². The van der Waals surface area contributed by atoms with Gasteiger partial charge in [0.1, 0.15) is 5.82 Å². The van der Waals surface area contributed by atoms with Crippen LogP contribution in [0.4, 0.5) is 0 Å². The summed E-state index contributed by atoms with van der Waals surface area (Å²) < 4.78 is 0. The molecule has 1 atom stereocenters. The van der Waals surface area contributed by atoms with Crippen molar-refractivity contribution in [2.45, 2.75) is 25.8 Å². The topological polar surface area (TPSA) is 40.7 Å². The summed E-state index contributed by atoms with van der Waals surface area (Å²) in [5, 5.41) is 3.40. The minimum absolute atomic E-state index is 0. The summed E-state index contributed by atoms with van der Waals surface area (Å²) in [4.78, 5) is 7.62. The minimum atomic E-state index is 0. The standard InChI is InChI=1S/C10H15N3.ClH/c1-7(2)9-6-12-10(13-9)8-4-3-5-11-8;/h6,8,11H,1,3-5H2,2H3,(H,12,13);1H/t8-;/m0./s1. The first-order chi connectivity index (χ1) is 6.27. The van der Waals surface area contributed by atoms with Crippen molar-refractivity contribution in [2.75, 3.05) is 6.54 Å². The Hall–Kier alpha value is -0.800. The summed E-state index contributed by atoms with van der Waals surface area (Å²) in [6.45, 7) is 6.96. The lowest BCUT2D eigenvalue weighted by Gasteiger charge is -2.05. The van der Waals surface area contributed by atoms with E-state index in [1.807, 2.05) is 13.1 Å². The summed E-state index contributed by atoms with van der Waals surface area (Å²) >= 11 is 0. The Morgan fingerprint density at radius 2 is 2.43 bits per heavy atom. The van der Waals surface area contributed by atoms with Crippen molar-refractivity contribution in [1.29, 1.82) is 0 Å². The third kappa shape index (κ3) is 2.16. The zero-order valence-corrected chi connectivity index (χ0v) is 9.16. The highest BCUT2D eigenvalue weighted by Crippen LogP contribution is 2.21. The van der Waals surface area contributed by atoms with Gasteiger partial charge >= 0.3 is 0 Å². The predicted molar refractivity (Wildman–Crippen MR) is 60.5 cm³/mol. The Morgan fingerprint density at radius 3 is 2.93 bits per heavy atom. The number of rotatable bonds is 2. The number of hydrogen-bond acceptors (Lipinski definition) is 2. The molecular formula is C10H16ClN3. The van der Waals surface area contributed by atoms with E-state index < -0.39 is 0 Å². The molecule has 0 radical (unpaired) electrons. The molecular weight excluding hydrogens is 198 g/mol. The molecule has 1 aliphatic rings. The fraction of sp³-hybridized carbons (Fsp3) is 0.500. The van der Waals surface area contributed by atoms with Crippen LogP contribution in [-0.4, -0.2) is 16.5 Å².